The highest BCUT2D eigenvalue weighted by Gasteiger charge is 2.44. The van der Waals surface area contributed by atoms with Gasteiger partial charge in [-0.1, -0.05) is 30.1 Å². The molecule has 1 aromatic carbocycles. The van der Waals surface area contributed by atoms with Gasteiger partial charge in [0.05, 0.1) is 21.3 Å². The van der Waals surface area contributed by atoms with Crippen LogP contribution in [0.2, 0.25) is 10.0 Å². The lowest BCUT2D eigenvalue weighted by molar-refractivity contribution is 0.247. The van der Waals surface area contributed by atoms with Gasteiger partial charge < -0.3 is 5.32 Å². The summed E-state index contributed by atoms with van der Waals surface area (Å²) in [5.41, 5.74) is -0.0903. The smallest absolute Gasteiger partial charge is 0.325 e. The first-order valence-corrected chi connectivity index (χ1v) is 6.31. The molecule has 0 spiro atoms. The van der Waals surface area contributed by atoms with Gasteiger partial charge in [0.25, 0.3) is 0 Å². The standard InChI is InChI=1S/C12H13Cl2N3O/c1-3-12(2)10(15)17(11(18)16-12)7-4-5-8(13)9(14)6-7/h4-6,15H,3H2,1-2H3,(H,16,18). The zero-order chi connectivity index (χ0) is 13.5. The number of rotatable bonds is 2. The number of nitrogens with zero attached hydrogens (tertiary/aromatic N) is 1. The average molecular weight is 286 g/mol. The fraction of sp³-hybridized carbons (Fsp3) is 0.333. The Hall–Kier alpha value is -1.26. The summed E-state index contributed by atoms with van der Waals surface area (Å²) in [4.78, 5) is 13.3. The van der Waals surface area contributed by atoms with Crippen molar-refractivity contribution in [1.82, 2.24) is 5.32 Å². The second-order valence-corrected chi connectivity index (χ2v) is 5.21. The number of nitrogens with one attached hydrogen (secondary N) is 2. The van der Waals surface area contributed by atoms with Crippen LogP contribution in [-0.2, 0) is 0 Å². The van der Waals surface area contributed by atoms with Crippen LogP contribution in [0.1, 0.15) is 20.3 Å². The number of carbonyl (C=O) groups excluding carboxylic acids is 1. The van der Waals surface area contributed by atoms with Crippen LogP contribution < -0.4 is 10.2 Å². The van der Waals surface area contributed by atoms with Crippen molar-refractivity contribution < 1.29 is 4.79 Å². The number of hydrogen-bond acceptors (Lipinski definition) is 2. The molecule has 2 amide bonds. The topological polar surface area (TPSA) is 56.2 Å². The van der Waals surface area contributed by atoms with E-state index in [9.17, 15) is 4.79 Å². The largest absolute Gasteiger partial charge is 0.328 e. The second-order valence-electron chi connectivity index (χ2n) is 4.40. The molecular weight excluding hydrogens is 273 g/mol. The molecule has 1 saturated heterocycles. The lowest BCUT2D eigenvalue weighted by Crippen LogP contribution is -2.42. The summed E-state index contributed by atoms with van der Waals surface area (Å²) >= 11 is 11.8. The predicted octanol–water partition coefficient (Wildman–Crippen LogP) is 3.67. The number of halogens is 2. The number of amides is 2. The maximum atomic E-state index is 12.0. The Morgan fingerprint density at radius 1 is 1.39 bits per heavy atom. The van der Waals surface area contributed by atoms with E-state index in [1.165, 1.54) is 4.90 Å². The number of carbonyl (C=O) groups is 1. The van der Waals surface area contributed by atoms with E-state index in [4.69, 9.17) is 28.6 Å². The first-order valence-electron chi connectivity index (χ1n) is 5.55. The van der Waals surface area contributed by atoms with Crippen LogP contribution in [0.25, 0.3) is 0 Å². The van der Waals surface area contributed by atoms with E-state index in [2.05, 4.69) is 5.32 Å². The van der Waals surface area contributed by atoms with Gasteiger partial charge in [0.1, 0.15) is 5.84 Å². The third kappa shape index (κ3) is 1.95. The molecule has 1 atom stereocenters. The third-order valence-corrected chi connectivity index (χ3v) is 3.94. The summed E-state index contributed by atoms with van der Waals surface area (Å²) in [6, 6.07) is 4.55. The van der Waals surface area contributed by atoms with Crippen molar-refractivity contribution in [2.45, 2.75) is 25.8 Å². The average Bonchev–Trinajstić information content (AvgIpc) is 2.55. The van der Waals surface area contributed by atoms with Crippen LogP contribution in [-0.4, -0.2) is 17.4 Å². The van der Waals surface area contributed by atoms with Gasteiger partial charge in [-0.2, -0.15) is 0 Å². The van der Waals surface area contributed by atoms with Crippen molar-refractivity contribution in [2.24, 2.45) is 0 Å². The quantitative estimate of drug-likeness (QED) is 0.856. The van der Waals surface area contributed by atoms with E-state index in [0.29, 0.717) is 22.2 Å². The zero-order valence-electron chi connectivity index (χ0n) is 10.1. The van der Waals surface area contributed by atoms with Gasteiger partial charge in [-0.25, -0.2) is 9.69 Å². The number of hydrogen-bond donors (Lipinski definition) is 2. The van der Waals surface area contributed by atoms with E-state index < -0.39 is 5.54 Å². The second kappa shape index (κ2) is 4.44. The minimum absolute atomic E-state index is 0.216. The number of urea groups is 1. The molecule has 4 nitrogen and oxygen atoms in total. The van der Waals surface area contributed by atoms with Gasteiger partial charge in [-0.3, -0.25) is 5.41 Å². The Labute approximate surface area is 115 Å². The van der Waals surface area contributed by atoms with Crippen molar-refractivity contribution in [3.63, 3.8) is 0 Å². The summed E-state index contributed by atoms with van der Waals surface area (Å²) in [5, 5.41) is 11.7. The number of benzene rings is 1. The highest BCUT2D eigenvalue weighted by molar-refractivity contribution is 6.42. The van der Waals surface area contributed by atoms with Crippen LogP contribution in [0.3, 0.4) is 0 Å². The molecule has 2 rings (SSSR count). The molecule has 0 aliphatic carbocycles. The van der Waals surface area contributed by atoms with E-state index >= 15 is 0 Å². The summed E-state index contributed by atoms with van der Waals surface area (Å²) in [6.07, 6.45) is 0.648. The molecule has 0 bridgehead atoms. The molecule has 0 aromatic heterocycles. The Bertz CT molecular complexity index is 532. The summed E-state index contributed by atoms with van der Waals surface area (Å²) in [7, 11) is 0. The highest BCUT2D eigenvalue weighted by Crippen LogP contribution is 2.31. The molecule has 1 unspecified atom stereocenters. The lowest BCUT2D eigenvalue weighted by atomic mass is 9.99. The van der Waals surface area contributed by atoms with Gasteiger partial charge in [0, 0.05) is 0 Å². The fourth-order valence-corrected chi connectivity index (χ4v) is 2.12. The van der Waals surface area contributed by atoms with Crippen molar-refractivity contribution >= 4 is 40.8 Å². The van der Waals surface area contributed by atoms with Crippen molar-refractivity contribution in [2.75, 3.05) is 4.90 Å². The summed E-state index contributed by atoms with van der Waals surface area (Å²) < 4.78 is 0. The minimum Gasteiger partial charge on any atom is -0.325 e. The van der Waals surface area contributed by atoms with Crippen LogP contribution >= 0.6 is 23.2 Å². The summed E-state index contributed by atoms with van der Waals surface area (Å²) in [5.74, 6) is 0.216. The maximum absolute atomic E-state index is 12.0. The molecule has 2 N–H and O–H groups in total. The van der Waals surface area contributed by atoms with Crippen molar-refractivity contribution in [1.29, 1.82) is 5.41 Å². The Morgan fingerprint density at radius 2 is 2.06 bits per heavy atom. The van der Waals surface area contributed by atoms with E-state index in [1.807, 2.05) is 13.8 Å². The molecule has 6 heteroatoms. The first-order chi connectivity index (χ1) is 8.39. The van der Waals surface area contributed by atoms with Crippen LogP contribution in [0.5, 0.6) is 0 Å². The molecule has 18 heavy (non-hydrogen) atoms. The molecule has 0 saturated carbocycles. The molecule has 1 aliphatic heterocycles. The minimum atomic E-state index is -0.636. The fourth-order valence-electron chi connectivity index (χ4n) is 1.83. The van der Waals surface area contributed by atoms with Gasteiger partial charge in [-0.05, 0) is 31.5 Å². The Morgan fingerprint density at radius 3 is 2.56 bits per heavy atom. The van der Waals surface area contributed by atoms with E-state index in [1.54, 1.807) is 18.2 Å². The normalized spacial score (nSPS) is 23.4. The molecule has 1 fully saturated rings. The number of amidine groups is 1. The third-order valence-electron chi connectivity index (χ3n) is 3.20. The van der Waals surface area contributed by atoms with E-state index in [-0.39, 0.29) is 11.9 Å². The Balaban J connectivity index is 2.42. The molecule has 1 heterocycles. The zero-order valence-corrected chi connectivity index (χ0v) is 11.6. The van der Waals surface area contributed by atoms with Gasteiger partial charge in [0.2, 0.25) is 0 Å². The Kier molecular flexibility index (Phi) is 3.25. The van der Waals surface area contributed by atoms with Gasteiger partial charge in [0.15, 0.2) is 0 Å². The van der Waals surface area contributed by atoms with Crippen LogP contribution in [0.4, 0.5) is 10.5 Å². The lowest BCUT2D eigenvalue weighted by Gasteiger charge is -2.22. The van der Waals surface area contributed by atoms with Crippen LogP contribution in [0, 0.1) is 5.41 Å². The molecule has 0 radical (unpaired) electrons. The van der Waals surface area contributed by atoms with Gasteiger partial charge >= 0.3 is 6.03 Å². The monoisotopic (exact) mass is 285 g/mol. The summed E-state index contributed by atoms with van der Waals surface area (Å²) in [6.45, 7) is 3.75. The molecule has 1 aromatic rings. The molecular formula is C12H13Cl2N3O. The van der Waals surface area contributed by atoms with Gasteiger partial charge in [-0.15, -0.1) is 0 Å². The SMILES string of the molecule is CCC1(C)NC(=O)N(c2ccc(Cl)c(Cl)c2)C1=N. The van der Waals surface area contributed by atoms with E-state index in [0.717, 1.165) is 0 Å². The van der Waals surface area contributed by atoms with Crippen molar-refractivity contribution in [3.05, 3.63) is 28.2 Å². The number of anilines is 1. The maximum Gasteiger partial charge on any atom is 0.328 e. The predicted molar refractivity (Wildman–Crippen MR) is 73.9 cm³/mol. The highest BCUT2D eigenvalue weighted by atomic mass is 35.5. The first kappa shape index (κ1) is 13.2. The van der Waals surface area contributed by atoms with Crippen molar-refractivity contribution in [3.8, 4) is 0 Å². The van der Waals surface area contributed by atoms with Crippen LogP contribution in [0.15, 0.2) is 18.2 Å². The molecule has 96 valence electrons. The molecule has 1 aliphatic rings.